The van der Waals surface area contributed by atoms with E-state index in [9.17, 15) is 0 Å². The van der Waals surface area contributed by atoms with Crippen LogP contribution in [-0.4, -0.2) is 0 Å². The minimum Gasteiger partial charge on any atom is -0.0888 e. The highest BCUT2D eigenvalue weighted by Crippen LogP contribution is 2.32. The summed E-state index contributed by atoms with van der Waals surface area (Å²) in [5.41, 5.74) is 3.42. The van der Waals surface area contributed by atoms with Crippen molar-refractivity contribution < 1.29 is 0 Å². The first kappa shape index (κ1) is 11.6. The highest BCUT2D eigenvalue weighted by atomic mass is 14.2. The van der Waals surface area contributed by atoms with E-state index in [1.54, 1.807) is 11.1 Å². The Morgan fingerprint density at radius 1 is 1.36 bits per heavy atom. The summed E-state index contributed by atoms with van der Waals surface area (Å²) in [6.45, 7) is 6.92. The van der Waals surface area contributed by atoms with E-state index < -0.39 is 0 Å². The van der Waals surface area contributed by atoms with E-state index in [0.29, 0.717) is 0 Å². The van der Waals surface area contributed by atoms with Crippen LogP contribution in [0.15, 0.2) is 23.3 Å². The van der Waals surface area contributed by atoms with Crippen LogP contribution in [0.4, 0.5) is 0 Å². The molecule has 1 atom stereocenters. The van der Waals surface area contributed by atoms with Gasteiger partial charge in [0.25, 0.3) is 0 Å². The zero-order valence-corrected chi connectivity index (χ0v) is 9.97. The van der Waals surface area contributed by atoms with Crippen molar-refractivity contribution in [2.75, 3.05) is 0 Å². The average Bonchev–Trinajstić information content (AvgIpc) is 2.16. The van der Waals surface area contributed by atoms with Crippen LogP contribution in [0.1, 0.15) is 59.3 Å². The van der Waals surface area contributed by atoms with Crippen LogP contribution in [0.5, 0.6) is 0 Å². The van der Waals surface area contributed by atoms with E-state index in [1.165, 1.54) is 38.5 Å². The van der Waals surface area contributed by atoms with Gasteiger partial charge in [-0.3, -0.25) is 0 Å². The molecule has 0 bridgehead atoms. The van der Waals surface area contributed by atoms with Crippen LogP contribution in [0.2, 0.25) is 0 Å². The number of hydrogen-bond donors (Lipinski definition) is 0. The number of hydrogen-bond acceptors (Lipinski definition) is 0. The van der Waals surface area contributed by atoms with Gasteiger partial charge < -0.3 is 0 Å². The largest absolute Gasteiger partial charge is 0.0888 e. The molecular weight excluding hydrogens is 168 g/mol. The second-order valence-corrected chi connectivity index (χ2v) is 4.52. The zero-order chi connectivity index (χ0) is 10.4. The number of rotatable bonds is 4. The topological polar surface area (TPSA) is 0 Å². The van der Waals surface area contributed by atoms with Gasteiger partial charge in [-0.25, -0.2) is 0 Å². The molecule has 0 aliphatic heterocycles. The Kier molecular flexibility index (Phi) is 5.00. The quantitative estimate of drug-likeness (QED) is 0.557. The summed E-state index contributed by atoms with van der Waals surface area (Å²) in [5, 5.41) is 0. The molecule has 0 fully saturated rings. The molecule has 1 aliphatic rings. The monoisotopic (exact) mass is 192 g/mol. The Labute approximate surface area is 89.1 Å². The molecular formula is C14H24. The van der Waals surface area contributed by atoms with Gasteiger partial charge in [0.2, 0.25) is 0 Å². The summed E-state index contributed by atoms with van der Waals surface area (Å²) < 4.78 is 0. The first-order chi connectivity index (χ1) is 6.75. The minimum atomic E-state index is 0.846. The van der Waals surface area contributed by atoms with Gasteiger partial charge in [0.15, 0.2) is 0 Å². The van der Waals surface area contributed by atoms with Crippen LogP contribution >= 0.6 is 0 Å². The fraction of sp³-hybridized carbons (Fsp3) is 0.714. The van der Waals surface area contributed by atoms with Crippen LogP contribution in [0.3, 0.4) is 0 Å². The summed E-state index contributed by atoms with van der Waals surface area (Å²) in [5.74, 6) is 0.846. The molecule has 14 heavy (non-hydrogen) atoms. The van der Waals surface area contributed by atoms with Gasteiger partial charge in [-0.1, -0.05) is 37.1 Å². The molecule has 0 heterocycles. The van der Waals surface area contributed by atoms with Crippen molar-refractivity contribution in [2.45, 2.75) is 59.3 Å². The summed E-state index contributed by atoms with van der Waals surface area (Å²) in [6.07, 6.45) is 12.5. The summed E-state index contributed by atoms with van der Waals surface area (Å²) >= 11 is 0. The van der Waals surface area contributed by atoms with Crippen molar-refractivity contribution in [1.29, 1.82) is 0 Å². The van der Waals surface area contributed by atoms with Crippen molar-refractivity contribution >= 4 is 0 Å². The van der Waals surface area contributed by atoms with Gasteiger partial charge in [-0.15, -0.1) is 0 Å². The molecule has 0 heteroatoms. The molecule has 80 valence electrons. The molecule has 0 aromatic rings. The van der Waals surface area contributed by atoms with Crippen LogP contribution in [0, 0.1) is 5.92 Å². The third-order valence-corrected chi connectivity index (χ3v) is 3.31. The van der Waals surface area contributed by atoms with Crippen LogP contribution < -0.4 is 0 Å². The molecule has 0 saturated heterocycles. The lowest BCUT2D eigenvalue weighted by molar-refractivity contribution is 0.516. The van der Waals surface area contributed by atoms with E-state index in [2.05, 4.69) is 32.9 Å². The van der Waals surface area contributed by atoms with Gasteiger partial charge in [0.05, 0.1) is 0 Å². The maximum Gasteiger partial charge on any atom is -0.0229 e. The SMILES string of the molecule is CC/C=C\CCC1=C(C)CCC[C@H]1C. The first-order valence-electron chi connectivity index (χ1n) is 6.09. The number of allylic oxidation sites excluding steroid dienone is 4. The zero-order valence-electron chi connectivity index (χ0n) is 9.97. The lowest BCUT2D eigenvalue weighted by atomic mass is 9.82. The maximum atomic E-state index is 2.39. The summed E-state index contributed by atoms with van der Waals surface area (Å²) in [4.78, 5) is 0. The van der Waals surface area contributed by atoms with Gasteiger partial charge in [0.1, 0.15) is 0 Å². The highest BCUT2D eigenvalue weighted by Gasteiger charge is 2.15. The van der Waals surface area contributed by atoms with Crippen molar-refractivity contribution in [2.24, 2.45) is 5.92 Å². The fourth-order valence-electron chi connectivity index (χ4n) is 2.41. The normalized spacial score (nSPS) is 23.5. The van der Waals surface area contributed by atoms with Crippen molar-refractivity contribution in [3.8, 4) is 0 Å². The van der Waals surface area contributed by atoms with E-state index in [-0.39, 0.29) is 0 Å². The van der Waals surface area contributed by atoms with Gasteiger partial charge in [-0.05, 0) is 51.4 Å². The summed E-state index contributed by atoms with van der Waals surface area (Å²) in [6, 6.07) is 0. The maximum absolute atomic E-state index is 2.39. The van der Waals surface area contributed by atoms with Crippen molar-refractivity contribution in [1.82, 2.24) is 0 Å². The molecule has 0 nitrogen and oxygen atoms in total. The summed E-state index contributed by atoms with van der Waals surface area (Å²) in [7, 11) is 0. The Balaban J connectivity index is 2.44. The van der Waals surface area contributed by atoms with Gasteiger partial charge >= 0.3 is 0 Å². The van der Waals surface area contributed by atoms with Crippen molar-refractivity contribution in [3.63, 3.8) is 0 Å². The predicted molar refractivity (Wildman–Crippen MR) is 64.4 cm³/mol. The second kappa shape index (κ2) is 6.06. The second-order valence-electron chi connectivity index (χ2n) is 4.52. The Morgan fingerprint density at radius 3 is 2.79 bits per heavy atom. The first-order valence-corrected chi connectivity index (χ1v) is 6.09. The van der Waals surface area contributed by atoms with Crippen molar-refractivity contribution in [3.05, 3.63) is 23.3 Å². The highest BCUT2D eigenvalue weighted by molar-refractivity contribution is 5.18. The molecule has 0 amide bonds. The molecule has 0 N–H and O–H groups in total. The molecule has 0 aromatic carbocycles. The molecule has 1 rings (SSSR count). The van der Waals surface area contributed by atoms with E-state index in [0.717, 1.165) is 5.92 Å². The third kappa shape index (κ3) is 3.32. The molecule has 0 aromatic heterocycles. The average molecular weight is 192 g/mol. The van der Waals surface area contributed by atoms with E-state index in [1.807, 2.05) is 0 Å². The van der Waals surface area contributed by atoms with Gasteiger partial charge in [0, 0.05) is 0 Å². The van der Waals surface area contributed by atoms with Crippen LogP contribution in [0.25, 0.3) is 0 Å². The van der Waals surface area contributed by atoms with E-state index >= 15 is 0 Å². The standard InChI is InChI=1S/C14H24/c1-4-5-6-7-11-14-12(2)9-8-10-13(14)3/h5-6,12H,4,7-11H2,1-3H3/b6-5-/t12-/m1/s1. The Morgan fingerprint density at radius 2 is 2.14 bits per heavy atom. The van der Waals surface area contributed by atoms with E-state index in [4.69, 9.17) is 0 Å². The predicted octanol–water partition coefficient (Wildman–Crippen LogP) is 4.87. The molecule has 0 spiro atoms. The smallest absolute Gasteiger partial charge is 0.0229 e. The van der Waals surface area contributed by atoms with Crippen LogP contribution in [-0.2, 0) is 0 Å². The third-order valence-electron chi connectivity index (χ3n) is 3.31. The molecule has 0 unspecified atom stereocenters. The van der Waals surface area contributed by atoms with Gasteiger partial charge in [-0.2, -0.15) is 0 Å². The molecule has 0 radical (unpaired) electrons. The molecule has 1 aliphatic carbocycles. The fourth-order valence-corrected chi connectivity index (χ4v) is 2.41. The lowest BCUT2D eigenvalue weighted by Crippen LogP contribution is -2.07. The Bertz CT molecular complexity index is 220. The lowest BCUT2D eigenvalue weighted by Gasteiger charge is -2.24. The molecule has 0 saturated carbocycles. The Hall–Kier alpha value is -0.520. The minimum absolute atomic E-state index is 0.846.